The van der Waals surface area contributed by atoms with Crippen LogP contribution in [0.15, 0.2) is 18.2 Å². The van der Waals surface area contributed by atoms with Crippen LogP contribution in [-0.4, -0.2) is 25.2 Å². The maximum Gasteiger partial charge on any atom is 0.0470 e. The first-order valence-electron chi connectivity index (χ1n) is 6.64. The topological polar surface area (TPSA) is 15.3 Å². The summed E-state index contributed by atoms with van der Waals surface area (Å²) in [7, 11) is 0. The molecule has 0 bridgehead atoms. The Morgan fingerprint density at radius 3 is 2.83 bits per heavy atom. The summed E-state index contributed by atoms with van der Waals surface area (Å²) in [6.07, 6.45) is 0. The average molecular weight is 267 g/mol. The molecule has 3 heteroatoms. The first-order chi connectivity index (χ1) is 8.40. The summed E-state index contributed by atoms with van der Waals surface area (Å²) in [4.78, 5) is 2.50. The number of nitrogens with zero attached hydrogens (tertiary/aromatic N) is 1. The molecular formula is C15H23ClN2. The monoisotopic (exact) mass is 266 g/mol. The van der Waals surface area contributed by atoms with Crippen LogP contribution in [0.1, 0.15) is 26.3 Å². The number of rotatable bonds is 1. The zero-order valence-corrected chi connectivity index (χ0v) is 12.5. The van der Waals surface area contributed by atoms with Crippen LogP contribution in [0.5, 0.6) is 0 Å². The maximum absolute atomic E-state index is 6.16. The van der Waals surface area contributed by atoms with Gasteiger partial charge in [0.15, 0.2) is 0 Å². The molecule has 0 saturated carbocycles. The quantitative estimate of drug-likeness (QED) is 0.837. The van der Waals surface area contributed by atoms with Crippen LogP contribution >= 0.6 is 11.6 Å². The van der Waals surface area contributed by atoms with E-state index in [0.717, 1.165) is 24.7 Å². The van der Waals surface area contributed by atoms with Crippen LogP contribution in [-0.2, 0) is 0 Å². The predicted molar refractivity (Wildman–Crippen MR) is 79.6 cm³/mol. The van der Waals surface area contributed by atoms with E-state index >= 15 is 0 Å². The fraction of sp³-hybridized carbons (Fsp3) is 0.600. The molecule has 0 aromatic heterocycles. The Kier molecular flexibility index (Phi) is 3.88. The van der Waals surface area contributed by atoms with E-state index in [4.69, 9.17) is 11.6 Å². The second kappa shape index (κ2) is 5.10. The zero-order chi connectivity index (χ0) is 13.3. The van der Waals surface area contributed by atoms with Crippen molar-refractivity contribution in [2.75, 3.05) is 24.5 Å². The Balaban J connectivity index is 2.41. The van der Waals surface area contributed by atoms with Crippen molar-refractivity contribution in [2.45, 2.75) is 33.2 Å². The lowest BCUT2D eigenvalue weighted by atomic mass is 9.99. The molecule has 1 aromatic rings. The zero-order valence-electron chi connectivity index (χ0n) is 11.8. The summed E-state index contributed by atoms with van der Waals surface area (Å²) in [6.45, 7) is 12.2. The van der Waals surface area contributed by atoms with Crippen molar-refractivity contribution in [1.82, 2.24) is 5.32 Å². The summed E-state index contributed by atoms with van der Waals surface area (Å²) >= 11 is 6.16. The van der Waals surface area contributed by atoms with Gasteiger partial charge in [-0.05, 0) is 50.9 Å². The van der Waals surface area contributed by atoms with Crippen molar-refractivity contribution < 1.29 is 0 Å². The van der Waals surface area contributed by atoms with Crippen molar-refractivity contribution in [1.29, 1.82) is 0 Å². The normalized spacial score (nSPS) is 23.8. The lowest BCUT2D eigenvalue weighted by molar-refractivity contribution is 0.459. The number of benzene rings is 1. The molecular weight excluding hydrogens is 244 g/mol. The van der Waals surface area contributed by atoms with E-state index in [0.29, 0.717) is 5.92 Å². The highest BCUT2D eigenvalue weighted by Gasteiger charge is 2.31. The van der Waals surface area contributed by atoms with Gasteiger partial charge in [0.2, 0.25) is 0 Å². The van der Waals surface area contributed by atoms with Gasteiger partial charge in [-0.15, -0.1) is 0 Å². The van der Waals surface area contributed by atoms with Gasteiger partial charge in [-0.2, -0.15) is 0 Å². The van der Waals surface area contributed by atoms with Crippen LogP contribution in [0.25, 0.3) is 0 Å². The molecule has 100 valence electrons. The van der Waals surface area contributed by atoms with Gasteiger partial charge in [0.05, 0.1) is 0 Å². The number of halogens is 1. The van der Waals surface area contributed by atoms with E-state index in [1.54, 1.807) is 0 Å². The van der Waals surface area contributed by atoms with Crippen LogP contribution in [0.3, 0.4) is 0 Å². The second-order valence-electron chi connectivity index (χ2n) is 6.09. The summed E-state index contributed by atoms with van der Waals surface area (Å²) in [6, 6.07) is 6.17. The SMILES string of the molecule is Cc1ccc(Cl)cc1N1CC(C)CNCC1(C)C. The van der Waals surface area contributed by atoms with Crippen molar-refractivity contribution in [3.8, 4) is 0 Å². The average Bonchev–Trinajstić information content (AvgIpc) is 2.41. The van der Waals surface area contributed by atoms with Gasteiger partial charge in [-0.3, -0.25) is 0 Å². The van der Waals surface area contributed by atoms with Gasteiger partial charge in [0.25, 0.3) is 0 Å². The van der Waals surface area contributed by atoms with Crippen LogP contribution < -0.4 is 10.2 Å². The maximum atomic E-state index is 6.16. The molecule has 1 aromatic carbocycles. The molecule has 1 heterocycles. The first-order valence-corrected chi connectivity index (χ1v) is 7.02. The fourth-order valence-corrected chi connectivity index (χ4v) is 2.81. The smallest absolute Gasteiger partial charge is 0.0470 e. The molecule has 0 spiro atoms. The molecule has 0 radical (unpaired) electrons. The highest BCUT2D eigenvalue weighted by Crippen LogP contribution is 2.31. The van der Waals surface area contributed by atoms with E-state index in [2.05, 4.69) is 50.0 Å². The highest BCUT2D eigenvalue weighted by molar-refractivity contribution is 6.30. The summed E-state index contributed by atoms with van der Waals surface area (Å²) < 4.78 is 0. The number of hydrogen-bond donors (Lipinski definition) is 1. The van der Waals surface area contributed by atoms with Gasteiger partial charge in [0, 0.05) is 29.3 Å². The molecule has 0 aliphatic carbocycles. The second-order valence-corrected chi connectivity index (χ2v) is 6.53. The largest absolute Gasteiger partial charge is 0.365 e. The molecule has 18 heavy (non-hydrogen) atoms. The van der Waals surface area contributed by atoms with E-state index < -0.39 is 0 Å². The molecule has 1 atom stereocenters. The van der Waals surface area contributed by atoms with E-state index in [-0.39, 0.29) is 5.54 Å². The van der Waals surface area contributed by atoms with Crippen molar-refractivity contribution in [3.05, 3.63) is 28.8 Å². The Bertz CT molecular complexity index is 429. The predicted octanol–water partition coefficient (Wildman–Crippen LogP) is 3.47. The first kappa shape index (κ1) is 13.7. The lowest BCUT2D eigenvalue weighted by Crippen LogP contribution is -2.49. The Labute approximate surface area is 115 Å². The standard InChI is InChI=1S/C15H23ClN2/c1-11-8-17-10-15(3,4)18(9-11)14-7-13(16)6-5-12(14)2/h5-7,11,17H,8-10H2,1-4H3. The van der Waals surface area contributed by atoms with Crippen LogP contribution in [0.2, 0.25) is 5.02 Å². The van der Waals surface area contributed by atoms with Gasteiger partial charge in [0.1, 0.15) is 0 Å². The fourth-order valence-electron chi connectivity index (χ4n) is 2.64. The number of nitrogens with one attached hydrogen (secondary N) is 1. The third-order valence-corrected chi connectivity index (χ3v) is 3.97. The van der Waals surface area contributed by atoms with E-state index in [1.807, 2.05) is 6.07 Å². The third-order valence-electron chi connectivity index (χ3n) is 3.74. The highest BCUT2D eigenvalue weighted by atomic mass is 35.5. The third kappa shape index (κ3) is 2.81. The minimum Gasteiger partial charge on any atom is -0.365 e. The van der Waals surface area contributed by atoms with Gasteiger partial charge >= 0.3 is 0 Å². The molecule has 1 unspecified atom stereocenters. The molecule has 2 rings (SSSR count). The van der Waals surface area contributed by atoms with E-state index in [1.165, 1.54) is 11.3 Å². The molecule has 1 saturated heterocycles. The summed E-state index contributed by atoms with van der Waals surface area (Å²) in [5, 5.41) is 4.36. The van der Waals surface area contributed by atoms with Crippen molar-refractivity contribution in [2.24, 2.45) is 5.92 Å². The van der Waals surface area contributed by atoms with Crippen molar-refractivity contribution in [3.63, 3.8) is 0 Å². The Morgan fingerprint density at radius 2 is 2.11 bits per heavy atom. The molecule has 2 nitrogen and oxygen atoms in total. The number of anilines is 1. The van der Waals surface area contributed by atoms with Gasteiger partial charge < -0.3 is 10.2 Å². The Hall–Kier alpha value is -0.730. The van der Waals surface area contributed by atoms with Crippen LogP contribution in [0.4, 0.5) is 5.69 Å². The number of aryl methyl sites for hydroxylation is 1. The molecule has 1 fully saturated rings. The summed E-state index contributed by atoms with van der Waals surface area (Å²) in [5.74, 6) is 0.644. The minimum atomic E-state index is 0.111. The lowest BCUT2D eigenvalue weighted by Gasteiger charge is -2.40. The molecule has 1 N–H and O–H groups in total. The molecule has 0 amide bonds. The Morgan fingerprint density at radius 1 is 1.39 bits per heavy atom. The van der Waals surface area contributed by atoms with Crippen LogP contribution in [0, 0.1) is 12.8 Å². The van der Waals surface area contributed by atoms with Gasteiger partial charge in [-0.1, -0.05) is 24.6 Å². The van der Waals surface area contributed by atoms with Crippen molar-refractivity contribution >= 4 is 17.3 Å². The summed E-state index contributed by atoms with van der Waals surface area (Å²) in [5.41, 5.74) is 2.67. The van der Waals surface area contributed by atoms with E-state index in [9.17, 15) is 0 Å². The van der Waals surface area contributed by atoms with Gasteiger partial charge in [-0.25, -0.2) is 0 Å². The number of hydrogen-bond acceptors (Lipinski definition) is 2. The molecule has 1 aliphatic rings. The molecule has 1 aliphatic heterocycles. The minimum absolute atomic E-state index is 0.111.